The molecule has 0 aliphatic heterocycles. The number of rotatable bonds is 4. The highest BCUT2D eigenvalue weighted by atomic mass is 16.3. The highest BCUT2D eigenvalue weighted by Crippen LogP contribution is 2.34. The molecule has 0 bridgehead atoms. The van der Waals surface area contributed by atoms with Gasteiger partial charge in [0.05, 0.1) is 12.3 Å². The van der Waals surface area contributed by atoms with Crippen LogP contribution in [0.1, 0.15) is 37.5 Å². The third kappa shape index (κ3) is 1.94. The molecule has 0 radical (unpaired) electrons. The first-order valence-electron chi connectivity index (χ1n) is 5.11. The zero-order valence-corrected chi connectivity index (χ0v) is 8.12. The molecule has 1 atom stereocenters. The molecule has 13 heavy (non-hydrogen) atoms. The molecule has 1 aliphatic carbocycles. The second-order valence-corrected chi connectivity index (χ2v) is 3.89. The van der Waals surface area contributed by atoms with Gasteiger partial charge in [-0.25, -0.2) is 0 Å². The molecule has 2 nitrogen and oxygen atoms in total. The average Bonchev–Trinajstić information content (AvgIpc) is 2.55. The second-order valence-electron chi connectivity index (χ2n) is 3.89. The zero-order chi connectivity index (χ0) is 9.10. The zero-order valence-electron chi connectivity index (χ0n) is 8.12. The monoisotopic (exact) mass is 179 g/mol. The van der Waals surface area contributed by atoms with Crippen molar-refractivity contribution in [3.05, 3.63) is 24.2 Å². The lowest BCUT2D eigenvalue weighted by molar-refractivity contribution is 0.251. The van der Waals surface area contributed by atoms with Crippen LogP contribution in [-0.4, -0.2) is 7.05 Å². The van der Waals surface area contributed by atoms with Crippen LogP contribution in [-0.2, 0) is 0 Å². The predicted octanol–water partition coefficient (Wildman–Crippen LogP) is 2.73. The first kappa shape index (κ1) is 8.82. The number of nitrogens with one attached hydrogen (secondary N) is 1. The summed E-state index contributed by atoms with van der Waals surface area (Å²) >= 11 is 0. The van der Waals surface area contributed by atoms with Crippen molar-refractivity contribution in [2.45, 2.75) is 31.7 Å². The lowest BCUT2D eigenvalue weighted by Gasteiger charge is -2.28. The maximum Gasteiger partial charge on any atom is 0.120 e. The van der Waals surface area contributed by atoms with Crippen LogP contribution in [0, 0.1) is 5.92 Å². The van der Waals surface area contributed by atoms with Gasteiger partial charge in [-0.05, 0) is 31.5 Å². The maximum atomic E-state index is 5.39. The Balaban J connectivity index is 1.92. The minimum Gasteiger partial charge on any atom is -0.468 e. The van der Waals surface area contributed by atoms with Gasteiger partial charge in [0.25, 0.3) is 0 Å². The van der Waals surface area contributed by atoms with Crippen LogP contribution >= 0.6 is 0 Å². The standard InChI is InChI=1S/C11H17NO/c1-12-10(8-9-4-2-5-9)11-6-3-7-13-11/h3,6-7,9-10,12H,2,4-5,8H2,1H3. The van der Waals surface area contributed by atoms with Gasteiger partial charge in [0.1, 0.15) is 5.76 Å². The van der Waals surface area contributed by atoms with Crippen LogP contribution in [0.15, 0.2) is 22.8 Å². The van der Waals surface area contributed by atoms with Gasteiger partial charge in [-0.2, -0.15) is 0 Å². The molecule has 0 aromatic carbocycles. The molecule has 1 heterocycles. The Kier molecular flexibility index (Phi) is 2.69. The number of hydrogen-bond donors (Lipinski definition) is 1. The van der Waals surface area contributed by atoms with Crippen LogP contribution in [0.25, 0.3) is 0 Å². The molecule has 1 fully saturated rings. The van der Waals surface area contributed by atoms with Crippen LogP contribution in [0.5, 0.6) is 0 Å². The van der Waals surface area contributed by atoms with E-state index in [2.05, 4.69) is 11.4 Å². The first-order valence-corrected chi connectivity index (χ1v) is 5.11. The Morgan fingerprint density at radius 2 is 2.46 bits per heavy atom. The van der Waals surface area contributed by atoms with E-state index >= 15 is 0 Å². The molecule has 0 amide bonds. The van der Waals surface area contributed by atoms with Crippen molar-refractivity contribution in [3.63, 3.8) is 0 Å². The molecule has 1 N–H and O–H groups in total. The fourth-order valence-electron chi connectivity index (χ4n) is 1.93. The topological polar surface area (TPSA) is 25.2 Å². The van der Waals surface area contributed by atoms with Gasteiger partial charge in [0, 0.05) is 0 Å². The summed E-state index contributed by atoms with van der Waals surface area (Å²) in [7, 11) is 2.01. The molecule has 0 saturated heterocycles. The van der Waals surface area contributed by atoms with Crippen LogP contribution in [0.3, 0.4) is 0 Å². The molecule has 2 rings (SSSR count). The van der Waals surface area contributed by atoms with Crippen molar-refractivity contribution in [2.75, 3.05) is 7.05 Å². The summed E-state index contributed by atoms with van der Waals surface area (Å²) in [5.41, 5.74) is 0. The Morgan fingerprint density at radius 1 is 1.62 bits per heavy atom. The molecular weight excluding hydrogens is 162 g/mol. The van der Waals surface area contributed by atoms with Gasteiger partial charge in [0.2, 0.25) is 0 Å². The lowest BCUT2D eigenvalue weighted by atomic mass is 9.80. The van der Waals surface area contributed by atoms with E-state index in [0.717, 1.165) is 11.7 Å². The molecular formula is C11H17NO. The molecule has 1 saturated carbocycles. The van der Waals surface area contributed by atoms with E-state index in [0.29, 0.717) is 6.04 Å². The summed E-state index contributed by atoms with van der Waals surface area (Å²) in [5, 5.41) is 3.31. The molecule has 72 valence electrons. The smallest absolute Gasteiger partial charge is 0.120 e. The van der Waals surface area contributed by atoms with Gasteiger partial charge < -0.3 is 9.73 Å². The Labute approximate surface area is 79.3 Å². The molecule has 2 heteroatoms. The summed E-state index contributed by atoms with van der Waals surface area (Å²) in [6.45, 7) is 0. The summed E-state index contributed by atoms with van der Waals surface area (Å²) in [6.07, 6.45) is 7.20. The minimum atomic E-state index is 0.417. The average molecular weight is 179 g/mol. The van der Waals surface area contributed by atoms with E-state index < -0.39 is 0 Å². The predicted molar refractivity (Wildman–Crippen MR) is 52.5 cm³/mol. The first-order chi connectivity index (χ1) is 6.40. The van der Waals surface area contributed by atoms with Crippen molar-refractivity contribution >= 4 is 0 Å². The van der Waals surface area contributed by atoms with Crippen molar-refractivity contribution in [3.8, 4) is 0 Å². The van der Waals surface area contributed by atoms with Crippen molar-refractivity contribution in [1.82, 2.24) is 5.32 Å². The van der Waals surface area contributed by atoms with Crippen LogP contribution < -0.4 is 5.32 Å². The summed E-state index contributed by atoms with van der Waals surface area (Å²) in [4.78, 5) is 0. The third-order valence-corrected chi connectivity index (χ3v) is 3.03. The summed E-state index contributed by atoms with van der Waals surface area (Å²) in [5.74, 6) is 2.00. The minimum absolute atomic E-state index is 0.417. The van der Waals surface area contributed by atoms with E-state index in [1.807, 2.05) is 13.1 Å². The van der Waals surface area contributed by atoms with Gasteiger partial charge in [0.15, 0.2) is 0 Å². The third-order valence-electron chi connectivity index (χ3n) is 3.03. The highest BCUT2D eigenvalue weighted by Gasteiger charge is 2.23. The normalized spacial score (nSPS) is 19.8. The second kappa shape index (κ2) is 3.97. The Bertz CT molecular complexity index is 239. The van der Waals surface area contributed by atoms with Crippen molar-refractivity contribution in [2.24, 2.45) is 5.92 Å². The van der Waals surface area contributed by atoms with E-state index in [4.69, 9.17) is 4.42 Å². The molecule has 1 unspecified atom stereocenters. The molecule has 0 spiro atoms. The molecule has 1 aromatic rings. The van der Waals surface area contributed by atoms with Gasteiger partial charge in [-0.1, -0.05) is 19.3 Å². The number of furan rings is 1. The van der Waals surface area contributed by atoms with E-state index in [-0.39, 0.29) is 0 Å². The largest absolute Gasteiger partial charge is 0.468 e. The van der Waals surface area contributed by atoms with Gasteiger partial charge in [-0.3, -0.25) is 0 Å². The maximum absolute atomic E-state index is 5.39. The Hall–Kier alpha value is -0.760. The highest BCUT2D eigenvalue weighted by molar-refractivity contribution is 5.04. The van der Waals surface area contributed by atoms with Crippen LogP contribution in [0.4, 0.5) is 0 Å². The molecule has 1 aromatic heterocycles. The van der Waals surface area contributed by atoms with E-state index in [1.165, 1.54) is 25.7 Å². The molecule has 1 aliphatic rings. The Morgan fingerprint density at radius 3 is 2.92 bits per heavy atom. The van der Waals surface area contributed by atoms with E-state index in [1.54, 1.807) is 6.26 Å². The SMILES string of the molecule is CNC(CC1CCC1)c1ccco1. The van der Waals surface area contributed by atoms with Crippen molar-refractivity contribution < 1.29 is 4.42 Å². The van der Waals surface area contributed by atoms with E-state index in [9.17, 15) is 0 Å². The number of hydrogen-bond acceptors (Lipinski definition) is 2. The fraction of sp³-hybridized carbons (Fsp3) is 0.636. The quantitative estimate of drug-likeness (QED) is 0.768. The van der Waals surface area contributed by atoms with Gasteiger partial charge >= 0.3 is 0 Å². The van der Waals surface area contributed by atoms with Crippen molar-refractivity contribution in [1.29, 1.82) is 0 Å². The van der Waals surface area contributed by atoms with Gasteiger partial charge in [-0.15, -0.1) is 0 Å². The summed E-state index contributed by atoms with van der Waals surface area (Å²) in [6, 6.07) is 4.43. The fourth-order valence-corrected chi connectivity index (χ4v) is 1.93. The lowest BCUT2D eigenvalue weighted by Crippen LogP contribution is -2.22. The van der Waals surface area contributed by atoms with Crippen LogP contribution in [0.2, 0.25) is 0 Å². The summed E-state index contributed by atoms with van der Waals surface area (Å²) < 4.78 is 5.39.